The Labute approximate surface area is 120 Å². The van der Waals surface area contributed by atoms with Crippen molar-refractivity contribution in [3.63, 3.8) is 0 Å². The second-order valence-electron chi connectivity index (χ2n) is 4.28. The first-order valence-electron chi connectivity index (χ1n) is 5.87. The van der Waals surface area contributed by atoms with Crippen LogP contribution < -0.4 is 5.32 Å². The molecular weight excluding hydrogens is 302 g/mol. The van der Waals surface area contributed by atoms with E-state index >= 15 is 0 Å². The average molecular weight is 315 g/mol. The quantitative estimate of drug-likeness (QED) is 0.593. The zero-order chi connectivity index (χ0) is 14.6. The van der Waals surface area contributed by atoms with Crippen molar-refractivity contribution in [2.75, 3.05) is 23.8 Å². The molecule has 1 aliphatic heterocycles. The van der Waals surface area contributed by atoms with Crippen LogP contribution in [0.25, 0.3) is 0 Å². The van der Waals surface area contributed by atoms with E-state index in [9.17, 15) is 13.2 Å². The summed E-state index contributed by atoms with van der Waals surface area (Å²) < 4.78 is 28.1. The summed E-state index contributed by atoms with van der Waals surface area (Å²) in [6, 6.07) is 0. The molecule has 2 heterocycles. The zero-order valence-electron chi connectivity index (χ0n) is 10.5. The van der Waals surface area contributed by atoms with Gasteiger partial charge in [-0.15, -0.1) is 16.6 Å². The van der Waals surface area contributed by atoms with Gasteiger partial charge in [-0.2, -0.15) is 0 Å². The molecule has 0 bridgehead atoms. The number of hydrogen-bond acceptors (Lipinski definition) is 7. The van der Waals surface area contributed by atoms with E-state index in [0.29, 0.717) is 12.3 Å². The Hall–Kier alpha value is -1.53. The summed E-state index contributed by atoms with van der Waals surface area (Å²) in [4.78, 5) is 11.3. The molecular formula is C11H13N3O4S2. The molecule has 2 rings (SSSR count). The first-order valence-corrected chi connectivity index (χ1v) is 8.67. The molecule has 0 aliphatic carbocycles. The first kappa shape index (κ1) is 14.9. The van der Waals surface area contributed by atoms with Crippen LogP contribution in [0.4, 0.5) is 0 Å². The Morgan fingerprint density at radius 3 is 3.00 bits per heavy atom. The number of terminal acetylenes is 1. The van der Waals surface area contributed by atoms with Crippen LogP contribution in [0.3, 0.4) is 0 Å². The molecule has 0 spiro atoms. The number of nitrogens with zero attached hydrogens (tertiary/aromatic N) is 2. The Morgan fingerprint density at radius 1 is 1.55 bits per heavy atom. The number of amides is 1. The first-order chi connectivity index (χ1) is 9.50. The van der Waals surface area contributed by atoms with Crippen molar-refractivity contribution in [2.45, 2.75) is 17.6 Å². The molecule has 0 saturated carbocycles. The van der Waals surface area contributed by atoms with E-state index in [4.69, 9.17) is 10.8 Å². The topological polar surface area (TPSA) is 102 Å². The van der Waals surface area contributed by atoms with Gasteiger partial charge in [0.1, 0.15) is 0 Å². The monoisotopic (exact) mass is 315 g/mol. The lowest BCUT2D eigenvalue weighted by Crippen LogP contribution is -2.25. The van der Waals surface area contributed by atoms with Crippen LogP contribution in [0.2, 0.25) is 0 Å². The standard InChI is InChI=1S/C11H13N3O4S2/c1-2-4-12-9(15)6-19-11-14-13-10(18-11)8-3-5-20(16,17)7-8/h1,8H,3-7H2,(H,12,15)/t8-/m0/s1. The number of thioether (sulfide) groups is 1. The second-order valence-corrected chi connectivity index (χ2v) is 7.43. The SMILES string of the molecule is C#CCNC(=O)CSc1nnc([C@H]2CCS(=O)(=O)C2)o1. The van der Waals surface area contributed by atoms with E-state index in [2.05, 4.69) is 21.4 Å². The second kappa shape index (κ2) is 6.28. The van der Waals surface area contributed by atoms with Crippen molar-refractivity contribution in [1.29, 1.82) is 0 Å². The van der Waals surface area contributed by atoms with Crippen molar-refractivity contribution in [2.24, 2.45) is 0 Å². The summed E-state index contributed by atoms with van der Waals surface area (Å²) in [6.45, 7) is 0.175. The molecule has 20 heavy (non-hydrogen) atoms. The van der Waals surface area contributed by atoms with Crippen LogP contribution >= 0.6 is 11.8 Å². The number of sulfone groups is 1. The van der Waals surface area contributed by atoms with Crippen LogP contribution in [-0.4, -0.2) is 48.3 Å². The molecule has 0 radical (unpaired) electrons. The largest absolute Gasteiger partial charge is 0.416 e. The molecule has 7 nitrogen and oxygen atoms in total. The minimum atomic E-state index is -2.99. The lowest BCUT2D eigenvalue weighted by Gasteiger charge is -1.99. The van der Waals surface area contributed by atoms with Gasteiger partial charge >= 0.3 is 0 Å². The highest BCUT2D eigenvalue weighted by Crippen LogP contribution is 2.29. The summed E-state index contributed by atoms with van der Waals surface area (Å²) in [5, 5.41) is 10.4. The Kier molecular flexibility index (Phi) is 4.67. The van der Waals surface area contributed by atoms with Gasteiger partial charge in [0.25, 0.3) is 5.22 Å². The molecule has 1 aliphatic rings. The van der Waals surface area contributed by atoms with Gasteiger partial charge in [-0.1, -0.05) is 17.7 Å². The Bertz CT molecular complexity index is 632. The molecule has 1 atom stereocenters. The molecule has 1 fully saturated rings. The Balaban J connectivity index is 1.87. The van der Waals surface area contributed by atoms with Crippen LogP contribution in [0.15, 0.2) is 9.64 Å². The summed E-state index contributed by atoms with van der Waals surface area (Å²) in [5.41, 5.74) is 0. The van der Waals surface area contributed by atoms with Crippen LogP contribution in [0.5, 0.6) is 0 Å². The van der Waals surface area contributed by atoms with Crippen LogP contribution in [0, 0.1) is 12.3 Å². The van der Waals surface area contributed by atoms with Crippen LogP contribution in [-0.2, 0) is 14.6 Å². The molecule has 0 unspecified atom stereocenters. The fourth-order valence-corrected chi connectivity index (χ4v) is 4.09. The molecule has 1 aromatic heterocycles. The van der Waals surface area contributed by atoms with Crippen LogP contribution in [0.1, 0.15) is 18.2 Å². The molecule has 1 aromatic rings. The third-order valence-electron chi connectivity index (χ3n) is 2.72. The van der Waals surface area contributed by atoms with Crippen molar-refractivity contribution >= 4 is 27.5 Å². The van der Waals surface area contributed by atoms with E-state index in [1.165, 1.54) is 0 Å². The predicted octanol–water partition coefficient (Wildman–Crippen LogP) is -0.187. The third kappa shape index (κ3) is 3.98. The highest BCUT2D eigenvalue weighted by Gasteiger charge is 2.32. The number of nitrogens with one attached hydrogen (secondary N) is 1. The minimum absolute atomic E-state index is 0.0436. The maximum absolute atomic E-state index is 11.4. The maximum Gasteiger partial charge on any atom is 0.277 e. The van der Waals surface area contributed by atoms with Crippen molar-refractivity contribution in [3.8, 4) is 12.3 Å². The number of hydrogen-bond donors (Lipinski definition) is 1. The molecule has 1 amide bonds. The van der Waals surface area contributed by atoms with Gasteiger partial charge in [0.2, 0.25) is 11.8 Å². The van der Waals surface area contributed by atoms with E-state index in [1.54, 1.807) is 0 Å². The van der Waals surface area contributed by atoms with Gasteiger partial charge in [0.15, 0.2) is 9.84 Å². The van der Waals surface area contributed by atoms with Gasteiger partial charge in [-0.3, -0.25) is 4.79 Å². The van der Waals surface area contributed by atoms with E-state index in [0.717, 1.165) is 11.8 Å². The molecule has 108 valence electrons. The Morgan fingerprint density at radius 2 is 2.35 bits per heavy atom. The lowest BCUT2D eigenvalue weighted by molar-refractivity contribution is -0.118. The molecule has 9 heteroatoms. The van der Waals surface area contributed by atoms with Gasteiger partial charge in [0.05, 0.1) is 29.7 Å². The highest BCUT2D eigenvalue weighted by atomic mass is 32.2. The smallest absolute Gasteiger partial charge is 0.277 e. The fourth-order valence-electron chi connectivity index (χ4n) is 1.76. The minimum Gasteiger partial charge on any atom is -0.416 e. The maximum atomic E-state index is 11.4. The van der Waals surface area contributed by atoms with E-state index in [-0.39, 0.29) is 40.9 Å². The summed E-state index contributed by atoms with van der Waals surface area (Å²) in [7, 11) is -2.99. The summed E-state index contributed by atoms with van der Waals surface area (Å²) in [6.07, 6.45) is 5.51. The van der Waals surface area contributed by atoms with Crippen molar-refractivity contribution in [1.82, 2.24) is 15.5 Å². The van der Waals surface area contributed by atoms with Gasteiger partial charge < -0.3 is 9.73 Å². The van der Waals surface area contributed by atoms with Gasteiger partial charge in [-0.05, 0) is 6.42 Å². The van der Waals surface area contributed by atoms with Crippen molar-refractivity contribution in [3.05, 3.63) is 5.89 Å². The summed E-state index contributed by atoms with van der Waals surface area (Å²) in [5.74, 6) is 2.46. The summed E-state index contributed by atoms with van der Waals surface area (Å²) >= 11 is 1.09. The predicted molar refractivity (Wildman–Crippen MR) is 72.9 cm³/mol. The number of carbonyl (C=O) groups excluding carboxylic acids is 1. The molecule has 1 saturated heterocycles. The fraction of sp³-hybridized carbons (Fsp3) is 0.545. The highest BCUT2D eigenvalue weighted by molar-refractivity contribution is 7.99. The average Bonchev–Trinajstić information content (AvgIpc) is 3.00. The van der Waals surface area contributed by atoms with Gasteiger partial charge in [0, 0.05) is 0 Å². The van der Waals surface area contributed by atoms with E-state index in [1.807, 2.05) is 0 Å². The van der Waals surface area contributed by atoms with Gasteiger partial charge in [-0.25, -0.2) is 8.42 Å². The van der Waals surface area contributed by atoms with E-state index < -0.39 is 9.84 Å². The lowest BCUT2D eigenvalue weighted by atomic mass is 10.1. The molecule has 1 N–H and O–H groups in total. The van der Waals surface area contributed by atoms with Crippen molar-refractivity contribution < 1.29 is 17.6 Å². The zero-order valence-corrected chi connectivity index (χ0v) is 12.2. The third-order valence-corrected chi connectivity index (χ3v) is 5.30. The number of carbonyl (C=O) groups is 1. The normalized spacial score (nSPS) is 20.4. The number of aromatic nitrogens is 2. The number of rotatable bonds is 5. The molecule has 0 aromatic carbocycles.